The molecule has 0 spiro atoms. The molecule has 0 saturated heterocycles. The zero-order valence-electron chi connectivity index (χ0n) is 12.9. The smallest absolute Gasteiger partial charge is 0.212 e. The average Bonchev–Trinajstić information content (AvgIpc) is 3.11. The van der Waals surface area contributed by atoms with Crippen LogP contribution in [0.4, 0.5) is 4.39 Å². The van der Waals surface area contributed by atoms with Gasteiger partial charge in [-0.05, 0) is 29.8 Å². The van der Waals surface area contributed by atoms with Crippen LogP contribution in [0, 0.1) is 5.82 Å². The Morgan fingerprint density at radius 2 is 2.08 bits per heavy atom. The number of ketones is 1. The van der Waals surface area contributed by atoms with Crippen LogP contribution in [0.5, 0.6) is 0 Å². The summed E-state index contributed by atoms with van der Waals surface area (Å²) in [5.41, 5.74) is 0.893. The van der Waals surface area contributed by atoms with Gasteiger partial charge >= 0.3 is 0 Å². The van der Waals surface area contributed by atoms with Gasteiger partial charge in [0.25, 0.3) is 0 Å². The highest BCUT2D eigenvalue weighted by molar-refractivity contribution is 6.35. The van der Waals surface area contributed by atoms with E-state index in [1.807, 2.05) is 0 Å². The van der Waals surface area contributed by atoms with Gasteiger partial charge in [-0.1, -0.05) is 41.4 Å². The molecule has 0 amide bonds. The van der Waals surface area contributed by atoms with E-state index in [9.17, 15) is 9.18 Å². The minimum Gasteiger partial charge on any atom is -0.345 e. The Balaban J connectivity index is 1.84. The fraction of sp³-hybridized carbons (Fsp3) is 0.111. The van der Waals surface area contributed by atoms with E-state index in [-0.39, 0.29) is 18.0 Å². The van der Waals surface area contributed by atoms with Crippen LogP contribution in [0.1, 0.15) is 22.1 Å². The second-order valence-electron chi connectivity index (χ2n) is 5.28. The largest absolute Gasteiger partial charge is 0.345 e. The van der Waals surface area contributed by atoms with E-state index in [2.05, 4.69) is 4.98 Å². The zero-order chi connectivity index (χ0) is 17.8. The summed E-state index contributed by atoms with van der Waals surface area (Å²) >= 11 is 12.0. The molecule has 7 heteroatoms. The first-order valence-electron chi connectivity index (χ1n) is 7.37. The maximum absolute atomic E-state index is 13.4. The maximum atomic E-state index is 13.4. The molecule has 2 aromatic carbocycles. The van der Waals surface area contributed by atoms with Gasteiger partial charge < -0.3 is 9.30 Å². The minimum atomic E-state index is -0.990. The van der Waals surface area contributed by atoms with E-state index in [0.29, 0.717) is 15.6 Å². The van der Waals surface area contributed by atoms with Crippen LogP contribution in [0.25, 0.3) is 0 Å². The van der Waals surface area contributed by atoms with Gasteiger partial charge in [0.15, 0.2) is 6.23 Å². The van der Waals surface area contributed by atoms with Crippen molar-refractivity contribution in [1.29, 1.82) is 0 Å². The van der Waals surface area contributed by atoms with Gasteiger partial charge in [-0.3, -0.25) is 4.79 Å². The molecule has 0 bridgehead atoms. The fourth-order valence-electron chi connectivity index (χ4n) is 2.30. The summed E-state index contributed by atoms with van der Waals surface area (Å²) in [7, 11) is 0. The zero-order valence-corrected chi connectivity index (χ0v) is 14.4. The van der Waals surface area contributed by atoms with Gasteiger partial charge in [0.1, 0.15) is 5.82 Å². The maximum Gasteiger partial charge on any atom is 0.212 e. The van der Waals surface area contributed by atoms with Crippen LogP contribution in [0.3, 0.4) is 0 Å². The van der Waals surface area contributed by atoms with Crippen molar-refractivity contribution in [3.63, 3.8) is 0 Å². The van der Waals surface area contributed by atoms with E-state index in [1.165, 1.54) is 41.4 Å². The molecule has 4 nitrogen and oxygen atoms in total. The molecule has 3 rings (SSSR count). The van der Waals surface area contributed by atoms with Gasteiger partial charge in [0, 0.05) is 28.0 Å². The molecule has 25 heavy (non-hydrogen) atoms. The molecular formula is C18H13Cl2FN2O2. The quantitative estimate of drug-likeness (QED) is 0.571. The molecular weight excluding hydrogens is 366 g/mol. The molecule has 0 saturated carbocycles. The van der Waals surface area contributed by atoms with Crippen LogP contribution in [-0.4, -0.2) is 15.3 Å². The lowest BCUT2D eigenvalue weighted by Crippen LogP contribution is -2.22. The molecule has 0 fully saturated rings. The van der Waals surface area contributed by atoms with Gasteiger partial charge in [-0.25, -0.2) is 9.37 Å². The summed E-state index contributed by atoms with van der Waals surface area (Å²) < 4.78 is 20.7. The molecule has 0 N–H and O–H groups in total. The number of hydrogen-bond acceptors (Lipinski definition) is 3. The lowest BCUT2D eigenvalue weighted by atomic mass is 10.1. The van der Waals surface area contributed by atoms with Crippen LogP contribution in [-0.2, 0) is 11.3 Å². The fourth-order valence-corrected chi connectivity index (χ4v) is 2.76. The predicted molar refractivity (Wildman–Crippen MR) is 93.2 cm³/mol. The summed E-state index contributed by atoms with van der Waals surface area (Å²) in [4.78, 5) is 16.7. The molecule has 1 atom stereocenters. The first kappa shape index (κ1) is 17.6. The van der Waals surface area contributed by atoms with Gasteiger partial charge in [-0.2, -0.15) is 0 Å². The highest BCUT2D eigenvalue weighted by Gasteiger charge is 2.23. The summed E-state index contributed by atoms with van der Waals surface area (Å²) in [5, 5.41) is 0.950. The number of carbonyl (C=O) groups excluding carboxylic acids is 1. The SMILES string of the molecule is O=C(c1cccc(F)c1)C(OCc1ccc(Cl)cc1Cl)n1ccnc1. The normalized spacial score (nSPS) is 12.1. The van der Waals surface area contributed by atoms with E-state index < -0.39 is 12.0 Å². The lowest BCUT2D eigenvalue weighted by molar-refractivity contribution is 0.000837. The highest BCUT2D eigenvalue weighted by Crippen LogP contribution is 2.24. The van der Waals surface area contributed by atoms with Crippen molar-refractivity contribution in [3.8, 4) is 0 Å². The summed E-state index contributed by atoms with van der Waals surface area (Å²) in [6.07, 6.45) is 3.61. The van der Waals surface area contributed by atoms with Crippen molar-refractivity contribution in [2.75, 3.05) is 0 Å². The monoisotopic (exact) mass is 378 g/mol. The van der Waals surface area contributed by atoms with Gasteiger partial charge in [0.05, 0.1) is 12.9 Å². The number of aromatic nitrogens is 2. The van der Waals surface area contributed by atoms with E-state index in [4.69, 9.17) is 27.9 Å². The molecule has 0 aliphatic rings. The highest BCUT2D eigenvalue weighted by atomic mass is 35.5. The number of imidazole rings is 1. The first-order valence-corrected chi connectivity index (χ1v) is 8.13. The summed E-state index contributed by atoms with van der Waals surface area (Å²) in [6.45, 7) is 0.0832. The average molecular weight is 379 g/mol. The Labute approximate surface area is 153 Å². The Bertz CT molecular complexity index is 885. The van der Waals surface area contributed by atoms with E-state index >= 15 is 0 Å². The predicted octanol–water partition coefficient (Wildman–Crippen LogP) is 4.93. The number of halogens is 3. The molecule has 0 aliphatic heterocycles. The van der Waals surface area contributed by atoms with Crippen LogP contribution >= 0.6 is 23.2 Å². The molecule has 1 unspecified atom stereocenters. The van der Waals surface area contributed by atoms with Crippen LogP contribution < -0.4 is 0 Å². The molecule has 3 aromatic rings. The van der Waals surface area contributed by atoms with Crippen molar-refractivity contribution in [3.05, 3.63) is 88.2 Å². The van der Waals surface area contributed by atoms with Gasteiger partial charge in [-0.15, -0.1) is 0 Å². The number of ether oxygens (including phenoxy) is 1. The van der Waals surface area contributed by atoms with Crippen molar-refractivity contribution < 1.29 is 13.9 Å². The third-order valence-corrected chi connectivity index (χ3v) is 4.13. The molecule has 0 aliphatic carbocycles. The lowest BCUT2D eigenvalue weighted by Gasteiger charge is -2.18. The second kappa shape index (κ2) is 7.78. The number of benzene rings is 2. The Kier molecular flexibility index (Phi) is 5.48. The second-order valence-corrected chi connectivity index (χ2v) is 6.13. The van der Waals surface area contributed by atoms with Crippen LogP contribution in [0.15, 0.2) is 61.2 Å². The van der Waals surface area contributed by atoms with Crippen molar-refractivity contribution in [1.82, 2.24) is 9.55 Å². The van der Waals surface area contributed by atoms with Crippen molar-refractivity contribution in [2.45, 2.75) is 12.8 Å². The Morgan fingerprint density at radius 1 is 1.24 bits per heavy atom. The van der Waals surface area contributed by atoms with E-state index in [1.54, 1.807) is 24.4 Å². The summed E-state index contributed by atoms with van der Waals surface area (Å²) in [6, 6.07) is 10.5. The number of nitrogens with zero attached hydrogens (tertiary/aromatic N) is 2. The number of hydrogen-bond donors (Lipinski definition) is 0. The first-order chi connectivity index (χ1) is 12.0. The van der Waals surface area contributed by atoms with Crippen molar-refractivity contribution in [2.24, 2.45) is 0 Å². The third-order valence-electron chi connectivity index (χ3n) is 3.54. The molecule has 128 valence electrons. The molecule has 1 heterocycles. The number of rotatable bonds is 6. The topological polar surface area (TPSA) is 44.1 Å². The van der Waals surface area contributed by atoms with E-state index in [0.717, 1.165) is 0 Å². The minimum absolute atomic E-state index is 0.0832. The van der Waals surface area contributed by atoms with Crippen molar-refractivity contribution >= 4 is 29.0 Å². The van der Waals surface area contributed by atoms with Crippen LogP contribution in [0.2, 0.25) is 10.0 Å². The molecule has 1 aromatic heterocycles. The third kappa shape index (κ3) is 4.25. The Hall–Kier alpha value is -2.21. The number of Topliss-reactive ketones (excluding diaryl/α,β-unsaturated/α-hetero) is 1. The van der Waals surface area contributed by atoms with Gasteiger partial charge in [0.2, 0.25) is 5.78 Å². The standard InChI is InChI=1S/C18H13Cl2FN2O2/c19-14-5-4-13(16(20)9-14)10-25-18(23-7-6-22-11-23)17(24)12-2-1-3-15(21)8-12/h1-9,11,18H,10H2. The number of carbonyl (C=O) groups is 1. The Morgan fingerprint density at radius 3 is 2.76 bits per heavy atom. The molecule has 0 radical (unpaired) electrons. The summed E-state index contributed by atoms with van der Waals surface area (Å²) in [5.74, 6) is -0.876.